The van der Waals surface area contributed by atoms with Crippen LogP contribution in [0.3, 0.4) is 0 Å². The van der Waals surface area contributed by atoms with Crippen molar-refractivity contribution < 1.29 is 23.9 Å². The van der Waals surface area contributed by atoms with Gasteiger partial charge in [0, 0.05) is 45.0 Å². The first kappa shape index (κ1) is 24.9. The van der Waals surface area contributed by atoms with Crippen LogP contribution in [0.2, 0.25) is 0 Å². The van der Waals surface area contributed by atoms with E-state index in [0.29, 0.717) is 58.0 Å². The van der Waals surface area contributed by atoms with Gasteiger partial charge >= 0.3 is 5.97 Å². The van der Waals surface area contributed by atoms with Crippen molar-refractivity contribution in [3.8, 4) is 0 Å². The monoisotopic (exact) mass is 435 g/mol. The Labute approximate surface area is 185 Å². The average molecular weight is 436 g/mol. The topological polar surface area (TPSA) is 101 Å². The van der Waals surface area contributed by atoms with Gasteiger partial charge in [0.2, 0.25) is 11.8 Å². The highest BCUT2D eigenvalue weighted by Crippen LogP contribution is 2.22. The summed E-state index contributed by atoms with van der Waals surface area (Å²) in [5.74, 6) is -0.459. The van der Waals surface area contributed by atoms with Crippen LogP contribution in [0.15, 0.2) is 0 Å². The van der Waals surface area contributed by atoms with Crippen LogP contribution < -0.4 is 5.32 Å². The van der Waals surface area contributed by atoms with E-state index in [1.54, 1.807) is 11.8 Å². The molecule has 1 aliphatic rings. The van der Waals surface area contributed by atoms with Gasteiger partial charge in [-0.15, -0.1) is 0 Å². The van der Waals surface area contributed by atoms with Gasteiger partial charge in [-0.1, -0.05) is 0 Å². The lowest BCUT2D eigenvalue weighted by atomic mass is 9.96. The van der Waals surface area contributed by atoms with Gasteiger partial charge in [0.05, 0.1) is 12.5 Å². The van der Waals surface area contributed by atoms with Crippen LogP contribution in [0.1, 0.15) is 66.8 Å². The number of nitrogens with one attached hydrogen (secondary N) is 2. The number of hydrogen-bond donors (Lipinski definition) is 2. The SMILES string of the molecule is CCOCCCNC(=O)[C@H]1CCCN(C(=O)CCc2c(C)[nH]c(C(=O)OCC)c2C)C1. The Kier molecular flexibility index (Phi) is 10.0. The molecule has 1 atom stereocenters. The summed E-state index contributed by atoms with van der Waals surface area (Å²) in [5, 5.41) is 2.96. The van der Waals surface area contributed by atoms with E-state index in [1.807, 2.05) is 20.8 Å². The number of nitrogens with zero attached hydrogens (tertiary/aromatic N) is 1. The number of ether oxygens (including phenoxy) is 2. The summed E-state index contributed by atoms with van der Waals surface area (Å²) in [4.78, 5) is 42.2. The summed E-state index contributed by atoms with van der Waals surface area (Å²) in [6, 6.07) is 0. The zero-order valence-corrected chi connectivity index (χ0v) is 19.3. The predicted octanol–water partition coefficient (Wildman–Crippen LogP) is 2.52. The van der Waals surface area contributed by atoms with Crippen molar-refractivity contribution in [2.45, 2.75) is 59.8 Å². The number of carbonyl (C=O) groups is 3. The molecular formula is C23H37N3O5. The third kappa shape index (κ3) is 7.09. The van der Waals surface area contributed by atoms with Gasteiger partial charge in [-0.05, 0) is 64.5 Å². The van der Waals surface area contributed by atoms with Gasteiger partial charge in [-0.3, -0.25) is 9.59 Å². The summed E-state index contributed by atoms with van der Waals surface area (Å²) in [6.45, 7) is 10.9. The molecule has 1 aromatic heterocycles. The molecule has 2 rings (SSSR count). The van der Waals surface area contributed by atoms with Crippen LogP contribution in [-0.2, 0) is 25.5 Å². The van der Waals surface area contributed by atoms with Gasteiger partial charge in [0.15, 0.2) is 0 Å². The number of carbonyl (C=O) groups excluding carboxylic acids is 3. The van der Waals surface area contributed by atoms with E-state index < -0.39 is 0 Å². The lowest BCUT2D eigenvalue weighted by Crippen LogP contribution is -2.45. The second-order valence-corrected chi connectivity index (χ2v) is 7.97. The molecule has 0 saturated carbocycles. The summed E-state index contributed by atoms with van der Waals surface area (Å²) in [7, 11) is 0. The van der Waals surface area contributed by atoms with E-state index in [0.717, 1.165) is 36.1 Å². The molecule has 2 amide bonds. The Morgan fingerprint density at radius 1 is 1.19 bits per heavy atom. The van der Waals surface area contributed by atoms with E-state index in [2.05, 4.69) is 10.3 Å². The molecule has 0 aromatic carbocycles. The molecule has 1 aliphatic heterocycles. The quantitative estimate of drug-likeness (QED) is 0.411. The molecule has 0 unspecified atom stereocenters. The first-order valence-electron chi connectivity index (χ1n) is 11.4. The molecule has 2 N–H and O–H groups in total. The van der Waals surface area contributed by atoms with Crippen molar-refractivity contribution in [2.75, 3.05) is 39.5 Å². The van der Waals surface area contributed by atoms with Crippen molar-refractivity contribution >= 4 is 17.8 Å². The van der Waals surface area contributed by atoms with Gasteiger partial charge < -0.3 is 24.7 Å². The minimum absolute atomic E-state index is 0.0189. The summed E-state index contributed by atoms with van der Waals surface area (Å²) in [5.41, 5.74) is 3.17. The largest absolute Gasteiger partial charge is 0.461 e. The average Bonchev–Trinajstić information content (AvgIpc) is 3.05. The first-order valence-corrected chi connectivity index (χ1v) is 11.4. The number of H-pyrrole nitrogens is 1. The van der Waals surface area contributed by atoms with Crippen LogP contribution >= 0.6 is 0 Å². The number of rotatable bonds is 11. The number of hydrogen-bond acceptors (Lipinski definition) is 5. The molecule has 8 heteroatoms. The zero-order chi connectivity index (χ0) is 22.8. The number of likely N-dealkylation sites (tertiary alicyclic amines) is 1. The zero-order valence-electron chi connectivity index (χ0n) is 19.3. The Balaban J connectivity index is 1.86. The van der Waals surface area contributed by atoms with Gasteiger partial charge in [0.25, 0.3) is 0 Å². The minimum atomic E-state index is -0.369. The normalized spacial score (nSPS) is 16.3. The third-order valence-corrected chi connectivity index (χ3v) is 5.77. The second-order valence-electron chi connectivity index (χ2n) is 7.97. The Morgan fingerprint density at radius 2 is 1.97 bits per heavy atom. The molecule has 8 nitrogen and oxygen atoms in total. The van der Waals surface area contributed by atoms with Crippen molar-refractivity contribution in [3.05, 3.63) is 22.5 Å². The fourth-order valence-corrected chi connectivity index (χ4v) is 4.05. The van der Waals surface area contributed by atoms with Crippen LogP contribution in [0.25, 0.3) is 0 Å². The van der Waals surface area contributed by atoms with Crippen LogP contribution in [-0.4, -0.2) is 67.1 Å². The van der Waals surface area contributed by atoms with Crippen molar-refractivity contribution in [3.63, 3.8) is 0 Å². The lowest BCUT2D eigenvalue weighted by molar-refractivity contribution is -0.135. The third-order valence-electron chi connectivity index (χ3n) is 5.77. The highest BCUT2D eigenvalue weighted by atomic mass is 16.5. The standard InChI is InChI=1S/C23H37N3O5/c1-5-30-14-8-12-24-22(28)18-9-7-13-26(15-18)20(27)11-10-19-16(3)21(25-17(19)4)23(29)31-6-2/h18,25H,5-15H2,1-4H3,(H,24,28)/t18-/m0/s1. The number of amides is 2. The fourth-order valence-electron chi connectivity index (χ4n) is 4.05. The molecule has 1 fully saturated rings. The number of esters is 1. The van der Waals surface area contributed by atoms with Crippen LogP contribution in [0.4, 0.5) is 0 Å². The Hall–Kier alpha value is -2.35. The maximum atomic E-state index is 12.8. The molecule has 2 heterocycles. The van der Waals surface area contributed by atoms with Gasteiger partial charge in [-0.2, -0.15) is 0 Å². The number of aromatic nitrogens is 1. The molecular weight excluding hydrogens is 398 g/mol. The van der Waals surface area contributed by atoms with Gasteiger partial charge in [0.1, 0.15) is 5.69 Å². The van der Waals surface area contributed by atoms with E-state index >= 15 is 0 Å². The van der Waals surface area contributed by atoms with Crippen molar-refractivity contribution in [1.82, 2.24) is 15.2 Å². The second kappa shape index (κ2) is 12.5. The highest BCUT2D eigenvalue weighted by molar-refractivity contribution is 5.90. The minimum Gasteiger partial charge on any atom is -0.461 e. The van der Waals surface area contributed by atoms with E-state index in [-0.39, 0.29) is 23.7 Å². The van der Waals surface area contributed by atoms with Crippen LogP contribution in [0, 0.1) is 19.8 Å². The summed E-state index contributed by atoms with van der Waals surface area (Å²) >= 11 is 0. The van der Waals surface area contributed by atoms with Crippen molar-refractivity contribution in [1.29, 1.82) is 0 Å². The molecule has 0 spiro atoms. The Bertz CT molecular complexity index is 759. The predicted molar refractivity (Wildman–Crippen MR) is 118 cm³/mol. The van der Waals surface area contributed by atoms with E-state index in [9.17, 15) is 14.4 Å². The smallest absolute Gasteiger partial charge is 0.355 e. The maximum absolute atomic E-state index is 12.8. The van der Waals surface area contributed by atoms with Crippen LogP contribution in [0.5, 0.6) is 0 Å². The van der Waals surface area contributed by atoms with Gasteiger partial charge in [-0.25, -0.2) is 4.79 Å². The number of piperidine rings is 1. The molecule has 0 radical (unpaired) electrons. The number of aromatic amines is 1. The lowest BCUT2D eigenvalue weighted by Gasteiger charge is -2.32. The van der Waals surface area contributed by atoms with E-state index in [4.69, 9.17) is 9.47 Å². The molecule has 0 aliphatic carbocycles. The molecule has 1 saturated heterocycles. The summed E-state index contributed by atoms with van der Waals surface area (Å²) in [6.07, 6.45) is 3.33. The number of aryl methyl sites for hydroxylation is 1. The van der Waals surface area contributed by atoms with E-state index in [1.165, 1.54) is 0 Å². The maximum Gasteiger partial charge on any atom is 0.355 e. The fraction of sp³-hybridized carbons (Fsp3) is 0.696. The molecule has 174 valence electrons. The highest BCUT2D eigenvalue weighted by Gasteiger charge is 2.28. The molecule has 1 aromatic rings. The van der Waals surface area contributed by atoms with Crippen molar-refractivity contribution in [2.24, 2.45) is 5.92 Å². The first-order chi connectivity index (χ1) is 14.9. The Morgan fingerprint density at radius 3 is 2.68 bits per heavy atom. The molecule has 0 bridgehead atoms. The summed E-state index contributed by atoms with van der Waals surface area (Å²) < 4.78 is 10.4. The molecule has 31 heavy (non-hydrogen) atoms.